The van der Waals surface area contributed by atoms with Crippen LogP contribution in [0.2, 0.25) is 0 Å². The molecule has 2 aromatic rings. The molecule has 0 N–H and O–H groups in total. The molecule has 29 heavy (non-hydrogen) atoms. The third-order valence-corrected chi connectivity index (χ3v) is 2.71. The van der Waals surface area contributed by atoms with Gasteiger partial charge < -0.3 is 0 Å². The molecule has 0 saturated heterocycles. The average Bonchev–Trinajstić information content (AvgIpc) is 3.32. The first kappa shape index (κ1) is 26.7. The van der Waals surface area contributed by atoms with Gasteiger partial charge >= 0.3 is 21.7 Å². The third kappa shape index (κ3) is 14.4. The molecule has 4 rings (SSSR count). The summed E-state index contributed by atoms with van der Waals surface area (Å²) in [6.45, 7) is 0. The van der Waals surface area contributed by atoms with Gasteiger partial charge in [0, 0.05) is 34.9 Å². The van der Waals surface area contributed by atoms with Crippen LogP contribution in [0.25, 0.3) is 0 Å². The summed E-state index contributed by atoms with van der Waals surface area (Å²) in [5.41, 5.74) is 0. The molecule has 0 radical (unpaired) electrons. The van der Waals surface area contributed by atoms with Crippen LogP contribution < -0.4 is 0 Å². The molecule has 0 atom stereocenters. The molecule has 0 spiro atoms. The van der Waals surface area contributed by atoms with E-state index in [9.17, 15) is 26.3 Å². The molecule has 0 saturated carbocycles. The second kappa shape index (κ2) is 15.6. The first-order valence-electron chi connectivity index (χ1n) is 7.88. The Labute approximate surface area is 180 Å². The first-order chi connectivity index (χ1) is 13.4. The van der Waals surface area contributed by atoms with Crippen LogP contribution in [-0.4, -0.2) is 0 Å². The molecule has 0 unspecified atom stereocenters. The van der Waals surface area contributed by atoms with Gasteiger partial charge in [0.05, 0.1) is 0 Å². The Morgan fingerprint density at radius 1 is 0.552 bits per heavy atom. The SMILES string of the molecule is Fc1[c-]c(F)cc(F)c1.Fc1[c-]c(F)cc(F)c1.[C-]1=CC=CC1.[C-]1=CC=CC1.[Ti+4]. The van der Waals surface area contributed by atoms with Crippen molar-refractivity contribution in [2.75, 3.05) is 0 Å². The number of rotatable bonds is 0. The van der Waals surface area contributed by atoms with E-state index in [0.717, 1.165) is 12.8 Å². The van der Waals surface area contributed by atoms with Crippen molar-refractivity contribution in [3.8, 4) is 0 Å². The summed E-state index contributed by atoms with van der Waals surface area (Å²) < 4.78 is 71.4. The molecule has 0 amide bonds. The minimum Gasteiger partial charge on any atom is -0.273 e. The summed E-state index contributed by atoms with van der Waals surface area (Å²) in [7, 11) is 0. The van der Waals surface area contributed by atoms with Crippen LogP contribution in [0.3, 0.4) is 0 Å². The Bertz CT molecular complexity index is 664. The van der Waals surface area contributed by atoms with Gasteiger partial charge in [0.25, 0.3) is 0 Å². The topological polar surface area (TPSA) is 0 Å². The molecule has 0 fully saturated rings. The van der Waals surface area contributed by atoms with E-state index in [1.807, 2.05) is 24.3 Å². The first-order valence-corrected chi connectivity index (χ1v) is 7.88. The predicted octanol–water partition coefficient (Wildman–Crippen LogP) is 6.42. The van der Waals surface area contributed by atoms with Crippen molar-refractivity contribution in [1.29, 1.82) is 0 Å². The number of hydrogen-bond donors (Lipinski definition) is 0. The van der Waals surface area contributed by atoms with E-state index in [2.05, 4.69) is 24.3 Å². The quantitative estimate of drug-likeness (QED) is 0.252. The van der Waals surface area contributed by atoms with Gasteiger partial charge in [-0.05, 0) is 0 Å². The molecule has 0 bridgehead atoms. The standard InChI is InChI=1S/2C6H2F3.2C5H5.Ti/c2*7-4-1-5(8)3-6(9)2-4;2*1-2-4-5-3-1;/h2*1-2H;2*1-3H,4H2;/q4*-1;+4. The molecule has 0 nitrogen and oxygen atoms in total. The molecule has 2 aliphatic carbocycles. The van der Waals surface area contributed by atoms with Gasteiger partial charge in [0.2, 0.25) is 0 Å². The largest absolute Gasteiger partial charge is 4.00 e. The monoisotopic (exact) mass is 440 g/mol. The fraction of sp³-hybridized carbons (Fsp3) is 0.0909. The average molecular weight is 440 g/mol. The molecule has 0 aliphatic heterocycles. The van der Waals surface area contributed by atoms with Gasteiger partial charge in [-0.25, -0.2) is 50.6 Å². The van der Waals surface area contributed by atoms with E-state index < -0.39 is 34.9 Å². The van der Waals surface area contributed by atoms with Crippen LogP contribution in [-0.2, 0) is 21.7 Å². The van der Waals surface area contributed by atoms with Crippen LogP contribution in [0.1, 0.15) is 12.8 Å². The number of benzene rings is 2. The van der Waals surface area contributed by atoms with E-state index in [0.29, 0.717) is 24.3 Å². The van der Waals surface area contributed by atoms with E-state index in [-0.39, 0.29) is 21.7 Å². The normalized spacial score (nSPS) is 12.1. The Morgan fingerprint density at radius 3 is 1.00 bits per heavy atom. The van der Waals surface area contributed by atoms with Crippen molar-refractivity contribution in [2.45, 2.75) is 12.8 Å². The van der Waals surface area contributed by atoms with Gasteiger partial charge in [0.15, 0.2) is 0 Å². The summed E-state index contributed by atoms with van der Waals surface area (Å²) in [5, 5.41) is 0. The van der Waals surface area contributed by atoms with E-state index >= 15 is 0 Å². The zero-order valence-corrected chi connectivity index (χ0v) is 16.5. The number of hydrogen-bond acceptors (Lipinski definition) is 0. The Balaban J connectivity index is 0.000000369. The second-order valence-electron chi connectivity index (χ2n) is 5.00. The maximum absolute atomic E-state index is 11.9. The molecule has 7 heteroatoms. The van der Waals surface area contributed by atoms with Gasteiger partial charge in [-0.2, -0.15) is 12.2 Å². The summed E-state index contributed by atoms with van der Waals surface area (Å²) in [5.74, 6) is -5.94. The summed E-state index contributed by atoms with van der Waals surface area (Å²) >= 11 is 0. The predicted molar refractivity (Wildman–Crippen MR) is 93.4 cm³/mol. The maximum atomic E-state index is 11.9. The van der Waals surface area contributed by atoms with E-state index in [1.54, 1.807) is 12.1 Å². The van der Waals surface area contributed by atoms with Gasteiger partial charge in [-0.15, -0.1) is 49.2 Å². The molecule has 0 aromatic heterocycles. The van der Waals surface area contributed by atoms with Crippen molar-refractivity contribution in [3.05, 3.63) is 120 Å². The van der Waals surface area contributed by atoms with Gasteiger partial charge in [-0.1, -0.05) is 0 Å². The van der Waals surface area contributed by atoms with Gasteiger partial charge in [-0.3, -0.25) is 12.2 Å². The zero-order valence-electron chi connectivity index (χ0n) is 15.0. The van der Waals surface area contributed by atoms with E-state index in [4.69, 9.17) is 0 Å². The summed E-state index contributed by atoms with van der Waals surface area (Å²) in [6.07, 6.45) is 20.0. The van der Waals surface area contributed by atoms with Crippen molar-refractivity contribution in [2.24, 2.45) is 0 Å². The minimum absolute atomic E-state index is 0. The second-order valence-corrected chi connectivity index (χ2v) is 5.00. The molecule has 2 aliphatic rings. The third-order valence-electron chi connectivity index (χ3n) is 2.71. The Kier molecular flexibility index (Phi) is 14.4. The smallest absolute Gasteiger partial charge is 0.273 e. The van der Waals surface area contributed by atoms with Crippen molar-refractivity contribution < 1.29 is 48.1 Å². The fourth-order valence-corrected chi connectivity index (χ4v) is 1.62. The van der Waals surface area contributed by atoms with Crippen molar-refractivity contribution in [1.82, 2.24) is 0 Å². The van der Waals surface area contributed by atoms with Crippen LogP contribution in [0.15, 0.2) is 60.7 Å². The zero-order chi connectivity index (χ0) is 20.8. The summed E-state index contributed by atoms with van der Waals surface area (Å²) in [4.78, 5) is 0. The fourth-order valence-electron chi connectivity index (χ4n) is 1.62. The van der Waals surface area contributed by atoms with Crippen molar-refractivity contribution >= 4 is 0 Å². The molecular weight excluding hydrogens is 426 g/mol. The van der Waals surface area contributed by atoms with Gasteiger partial charge in [0.1, 0.15) is 0 Å². The van der Waals surface area contributed by atoms with Crippen LogP contribution >= 0.6 is 0 Å². The summed E-state index contributed by atoms with van der Waals surface area (Å²) in [6, 6.07) is 5.51. The van der Waals surface area contributed by atoms with Crippen LogP contribution in [0, 0.1) is 59.2 Å². The minimum atomic E-state index is -1.02. The van der Waals surface area contributed by atoms with E-state index in [1.165, 1.54) is 0 Å². The molecular formula is C22H14F6Ti. The molecule has 148 valence electrons. The van der Waals surface area contributed by atoms with Crippen molar-refractivity contribution in [3.63, 3.8) is 0 Å². The number of halogens is 6. The maximum Gasteiger partial charge on any atom is 4.00 e. The molecule has 0 heterocycles. The Hall–Kier alpha value is -2.31. The Morgan fingerprint density at radius 2 is 0.862 bits per heavy atom. The van der Waals surface area contributed by atoms with Crippen LogP contribution in [0.5, 0.6) is 0 Å². The molecule has 2 aromatic carbocycles. The van der Waals surface area contributed by atoms with Crippen LogP contribution in [0.4, 0.5) is 26.3 Å². The number of allylic oxidation sites excluding steroid dienone is 8.